The van der Waals surface area contributed by atoms with E-state index in [1.165, 1.54) is 6.20 Å². The van der Waals surface area contributed by atoms with Crippen LogP contribution in [0.2, 0.25) is 0 Å². The first-order chi connectivity index (χ1) is 9.81. The van der Waals surface area contributed by atoms with Gasteiger partial charge in [0.05, 0.1) is 6.20 Å². The normalized spacial score (nSPS) is 14.4. The number of aromatic nitrogens is 1. The van der Waals surface area contributed by atoms with E-state index in [0.717, 1.165) is 11.3 Å². The summed E-state index contributed by atoms with van der Waals surface area (Å²) in [6, 6.07) is 0. The second kappa shape index (κ2) is 7.49. The van der Waals surface area contributed by atoms with Crippen LogP contribution in [0.3, 0.4) is 0 Å². The molecule has 1 rings (SSSR count). The fraction of sp³-hybridized carbons (Fsp3) is 0.692. The molecular formula is C13H25N3O4S2. The van der Waals surface area contributed by atoms with Gasteiger partial charge in [-0.15, -0.1) is 15.7 Å². The number of ether oxygens (including phenoxy) is 1. The molecule has 1 amide bonds. The second-order valence-electron chi connectivity index (χ2n) is 5.68. The molecule has 3 N–H and O–H groups in total. The molecule has 0 radical (unpaired) electrons. The van der Waals surface area contributed by atoms with Crippen molar-refractivity contribution in [3.63, 3.8) is 0 Å². The molecule has 128 valence electrons. The molecule has 7 nitrogen and oxygen atoms in total. The highest BCUT2D eigenvalue weighted by Crippen LogP contribution is 2.27. The van der Waals surface area contributed by atoms with E-state index in [1.807, 2.05) is 13.8 Å². The van der Waals surface area contributed by atoms with Gasteiger partial charge in [-0.05, 0) is 34.6 Å². The van der Waals surface area contributed by atoms with Crippen molar-refractivity contribution in [2.75, 3.05) is 0 Å². The number of aliphatic hydroxyl groups is 1. The van der Waals surface area contributed by atoms with Gasteiger partial charge in [0.2, 0.25) is 0 Å². The molecule has 1 aromatic heterocycles. The van der Waals surface area contributed by atoms with Crippen LogP contribution < -0.4 is 5.14 Å². The van der Waals surface area contributed by atoms with Crippen molar-refractivity contribution in [2.45, 2.75) is 63.9 Å². The molecule has 1 unspecified atom stereocenters. The van der Waals surface area contributed by atoms with E-state index in [1.54, 1.807) is 34.6 Å². The Morgan fingerprint density at radius 2 is 1.86 bits per heavy atom. The lowest BCUT2D eigenvalue weighted by Gasteiger charge is -2.17. The molecule has 1 atom stereocenters. The van der Waals surface area contributed by atoms with Gasteiger partial charge in [-0.2, -0.15) is 0 Å². The minimum absolute atomic E-state index is 0.112. The van der Waals surface area contributed by atoms with E-state index < -0.39 is 27.2 Å². The molecule has 9 heteroatoms. The molecule has 1 heterocycles. The van der Waals surface area contributed by atoms with Crippen molar-refractivity contribution in [1.29, 1.82) is 0 Å². The fourth-order valence-electron chi connectivity index (χ4n) is 1.11. The number of carbonyl (C=O) groups is 1. The molecule has 0 saturated carbocycles. The average molecular weight is 351 g/mol. The zero-order valence-electron chi connectivity index (χ0n) is 14.0. The van der Waals surface area contributed by atoms with Crippen LogP contribution in [0.5, 0.6) is 0 Å². The van der Waals surface area contributed by atoms with Gasteiger partial charge in [0.25, 0.3) is 0 Å². The number of rotatable bonds is 2. The van der Waals surface area contributed by atoms with Crippen LogP contribution in [-0.2, 0) is 20.3 Å². The summed E-state index contributed by atoms with van der Waals surface area (Å²) in [5.41, 5.74) is -1.92. The summed E-state index contributed by atoms with van der Waals surface area (Å²) in [5, 5.41) is 15.7. The molecule has 0 bridgehead atoms. The summed E-state index contributed by atoms with van der Waals surface area (Å²) >= 11 is 0.944. The van der Waals surface area contributed by atoms with Gasteiger partial charge in [-0.1, -0.05) is 13.8 Å². The minimum atomic E-state index is -3.43. The van der Waals surface area contributed by atoms with Gasteiger partial charge in [0, 0.05) is 0 Å². The summed E-state index contributed by atoms with van der Waals surface area (Å²) in [4.78, 5) is 15.5. The largest absolute Gasteiger partial charge is 0.443 e. The third-order valence-corrected chi connectivity index (χ3v) is 5.07. The Hall–Kier alpha value is -1.03. The predicted molar refractivity (Wildman–Crippen MR) is 88.0 cm³/mol. The van der Waals surface area contributed by atoms with Crippen LogP contribution in [0.15, 0.2) is 14.8 Å². The number of carbonyl (C=O) groups excluding carboxylic acids is 1. The Balaban J connectivity index is 0.00000211. The zero-order chi connectivity index (χ0) is 17.8. The lowest BCUT2D eigenvalue weighted by Crippen LogP contribution is -2.23. The molecule has 0 aliphatic heterocycles. The minimum Gasteiger partial charge on any atom is -0.442 e. The lowest BCUT2D eigenvalue weighted by molar-refractivity contribution is 0.0607. The molecule has 0 aliphatic rings. The van der Waals surface area contributed by atoms with Crippen LogP contribution in [0, 0.1) is 0 Å². The Kier molecular flexibility index (Phi) is 7.14. The quantitative estimate of drug-likeness (QED) is 0.849. The van der Waals surface area contributed by atoms with E-state index in [-0.39, 0.29) is 4.21 Å². The first-order valence-electron chi connectivity index (χ1n) is 6.78. The van der Waals surface area contributed by atoms with Crippen molar-refractivity contribution in [3.8, 4) is 0 Å². The van der Waals surface area contributed by atoms with Crippen molar-refractivity contribution >= 4 is 27.3 Å². The van der Waals surface area contributed by atoms with Gasteiger partial charge < -0.3 is 9.84 Å². The van der Waals surface area contributed by atoms with E-state index in [2.05, 4.69) is 9.35 Å². The molecule has 0 aromatic carbocycles. The Morgan fingerprint density at radius 1 is 1.36 bits per heavy atom. The number of hydrogen-bond donors (Lipinski definition) is 2. The Morgan fingerprint density at radius 3 is 2.23 bits per heavy atom. The number of nitrogens with zero attached hydrogens (tertiary/aromatic N) is 2. The van der Waals surface area contributed by atoms with Gasteiger partial charge >= 0.3 is 6.09 Å². The summed E-state index contributed by atoms with van der Waals surface area (Å²) in [6.07, 6.45) is 0.247. The summed E-state index contributed by atoms with van der Waals surface area (Å²) in [6.45, 7) is 12.1. The van der Waals surface area contributed by atoms with Crippen LogP contribution in [0.4, 0.5) is 4.79 Å². The van der Waals surface area contributed by atoms with Gasteiger partial charge in [-0.3, -0.25) is 0 Å². The first kappa shape index (κ1) is 21.0. The maximum Gasteiger partial charge on any atom is 0.443 e. The maximum absolute atomic E-state index is 12.2. The summed E-state index contributed by atoms with van der Waals surface area (Å²) < 4.78 is 20.7. The van der Waals surface area contributed by atoms with Gasteiger partial charge in [-0.25, -0.2) is 19.1 Å². The van der Waals surface area contributed by atoms with E-state index in [0.29, 0.717) is 5.01 Å². The Labute approximate surface area is 136 Å². The topological polar surface area (TPSA) is 115 Å². The lowest BCUT2D eigenvalue weighted by atomic mass is 10.2. The predicted octanol–water partition coefficient (Wildman–Crippen LogP) is 3.03. The van der Waals surface area contributed by atoms with Gasteiger partial charge in [0.1, 0.15) is 20.4 Å². The number of hydrogen-bond acceptors (Lipinski definition) is 6. The molecule has 0 spiro atoms. The van der Waals surface area contributed by atoms with Crippen LogP contribution in [0.25, 0.3) is 0 Å². The summed E-state index contributed by atoms with van der Waals surface area (Å²) in [5.74, 6) is 0. The van der Waals surface area contributed by atoms with Crippen LogP contribution in [0.1, 0.15) is 53.5 Å². The third-order valence-electron chi connectivity index (χ3n) is 1.90. The third kappa shape index (κ3) is 6.82. The standard InChI is InChI=1S/C11H19N3O4S2.C2H6/c1-10(2,3)18-9(15)14-20(12,17)7-6-13-8(19-7)11(4,5)16;1-2/h6,16H,1-5H3,(H2,12,14,15,17);1-2H3. The van der Waals surface area contributed by atoms with Crippen molar-refractivity contribution in [2.24, 2.45) is 9.50 Å². The highest BCUT2D eigenvalue weighted by Gasteiger charge is 2.24. The smallest absolute Gasteiger partial charge is 0.442 e. The molecule has 22 heavy (non-hydrogen) atoms. The monoisotopic (exact) mass is 351 g/mol. The number of amides is 1. The van der Waals surface area contributed by atoms with Crippen molar-refractivity contribution in [1.82, 2.24) is 4.98 Å². The fourth-order valence-corrected chi connectivity index (χ4v) is 3.14. The van der Waals surface area contributed by atoms with E-state index in [4.69, 9.17) is 9.88 Å². The average Bonchev–Trinajstić information content (AvgIpc) is 2.77. The summed E-state index contributed by atoms with van der Waals surface area (Å²) in [7, 11) is -3.43. The number of thiazole rings is 1. The molecule has 0 saturated heterocycles. The van der Waals surface area contributed by atoms with Crippen molar-refractivity contribution < 1.29 is 18.8 Å². The Bertz CT molecular complexity index is 618. The number of nitrogens with two attached hydrogens (primary N) is 1. The molecular weight excluding hydrogens is 326 g/mol. The maximum atomic E-state index is 12.2. The van der Waals surface area contributed by atoms with Crippen LogP contribution >= 0.6 is 11.3 Å². The second-order valence-corrected chi connectivity index (χ2v) is 8.73. The molecule has 0 fully saturated rings. The SMILES string of the molecule is CC.CC(C)(C)OC(=O)N=S(N)(=O)c1cnc(C(C)(C)O)s1. The van der Waals surface area contributed by atoms with Crippen LogP contribution in [-0.4, -0.2) is 26.0 Å². The highest BCUT2D eigenvalue weighted by molar-refractivity contribution is 7.93. The molecule has 0 aliphatic carbocycles. The van der Waals surface area contributed by atoms with Gasteiger partial charge in [0.15, 0.2) is 9.92 Å². The zero-order valence-corrected chi connectivity index (χ0v) is 15.7. The highest BCUT2D eigenvalue weighted by atomic mass is 32.2. The van der Waals surface area contributed by atoms with E-state index in [9.17, 15) is 14.1 Å². The molecule has 1 aromatic rings. The first-order valence-corrected chi connectivity index (χ1v) is 9.17. The van der Waals surface area contributed by atoms with Crippen molar-refractivity contribution in [3.05, 3.63) is 11.2 Å². The van der Waals surface area contributed by atoms with E-state index >= 15 is 0 Å².